The highest BCUT2D eigenvalue weighted by atomic mass is 16.5. The van der Waals surface area contributed by atoms with Crippen LogP contribution in [-0.2, 0) is 4.79 Å². The zero-order valence-electron chi connectivity index (χ0n) is 16.2. The van der Waals surface area contributed by atoms with E-state index in [0.29, 0.717) is 23.7 Å². The number of hydrogen-bond donors (Lipinski definition) is 0. The van der Waals surface area contributed by atoms with E-state index in [4.69, 9.17) is 9.47 Å². The second-order valence-corrected chi connectivity index (χ2v) is 6.28. The Morgan fingerprint density at radius 1 is 1.00 bits per heavy atom. The molecule has 5 heteroatoms. The number of hydrogen-bond acceptors (Lipinski definition) is 4. The standard InChI is InChI=1S/C22H25NO4/c1-5-26-21-14-17(9-13-20(21)27-15-22(25)23(3)4)8-12-19(24)18-10-6-16(2)7-11-18/h6-14H,5,15H2,1-4H3/b12-8+. The van der Waals surface area contributed by atoms with Gasteiger partial charge in [0.05, 0.1) is 6.61 Å². The van der Waals surface area contributed by atoms with Gasteiger partial charge in [0, 0.05) is 19.7 Å². The summed E-state index contributed by atoms with van der Waals surface area (Å²) < 4.78 is 11.2. The van der Waals surface area contributed by atoms with Crippen molar-refractivity contribution in [3.05, 3.63) is 65.2 Å². The maximum Gasteiger partial charge on any atom is 0.259 e. The first-order chi connectivity index (χ1) is 12.9. The fraction of sp³-hybridized carbons (Fsp3) is 0.273. The number of likely N-dealkylation sites (N-methyl/N-ethyl adjacent to an activating group) is 1. The van der Waals surface area contributed by atoms with Crippen molar-refractivity contribution in [2.24, 2.45) is 0 Å². The van der Waals surface area contributed by atoms with Crippen molar-refractivity contribution >= 4 is 17.8 Å². The summed E-state index contributed by atoms with van der Waals surface area (Å²) in [6.45, 7) is 4.26. The molecule has 0 fully saturated rings. The highest BCUT2D eigenvalue weighted by Gasteiger charge is 2.10. The molecule has 2 rings (SSSR count). The third-order valence-corrected chi connectivity index (χ3v) is 3.88. The molecule has 0 heterocycles. The van der Waals surface area contributed by atoms with E-state index < -0.39 is 0 Å². The molecule has 5 nitrogen and oxygen atoms in total. The van der Waals surface area contributed by atoms with Gasteiger partial charge in [0.15, 0.2) is 23.9 Å². The number of carbonyl (C=O) groups excluding carboxylic acids is 2. The van der Waals surface area contributed by atoms with Crippen LogP contribution in [-0.4, -0.2) is 43.9 Å². The van der Waals surface area contributed by atoms with E-state index in [0.717, 1.165) is 11.1 Å². The molecule has 0 bridgehead atoms. The summed E-state index contributed by atoms with van der Waals surface area (Å²) in [7, 11) is 3.35. The SMILES string of the molecule is CCOc1cc(/C=C/C(=O)c2ccc(C)cc2)ccc1OCC(=O)N(C)C. The number of nitrogens with zero attached hydrogens (tertiary/aromatic N) is 1. The van der Waals surface area contributed by atoms with Crippen LogP contribution in [0.4, 0.5) is 0 Å². The Morgan fingerprint density at radius 3 is 2.33 bits per heavy atom. The average molecular weight is 367 g/mol. The van der Waals surface area contributed by atoms with Gasteiger partial charge >= 0.3 is 0 Å². The van der Waals surface area contributed by atoms with Gasteiger partial charge in [-0.1, -0.05) is 42.0 Å². The zero-order valence-corrected chi connectivity index (χ0v) is 16.2. The topological polar surface area (TPSA) is 55.8 Å². The van der Waals surface area contributed by atoms with Crippen LogP contribution in [0.1, 0.15) is 28.4 Å². The van der Waals surface area contributed by atoms with Crippen molar-refractivity contribution in [1.82, 2.24) is 4.90 Å². The lowest BCUT2D eigenvalue weighted by Gasteiger charge is -2.14. The molecule has 0 aliphatic carbocycles. The third-order valence-electron chi connectivity index (χ3n) is 3.88. The minimum Gasteiger partial charge on any atom is -0.490 e. The normalized spacial score (nSPS) is 10.7. The molecule has 142 valence electrons. The highest BCUT2D eigenvalue weighted by Crippen LogP contribution is 2.29. The molecule has 2 aromatic rings. The number of ketones is 1. The first kappa shape index (κ1) is 20.2. The van der Waals surface area contributed by atoms with Crippen LogP contribution < -0.4 is 9.47 Å². The lowest BCUT2D eigenvalue weighted by Crippen LogP contribution is -2.27. The molecule has 0 aromatic heterocycles. The summed E-state index contributed by atoms with van der Waals surface area (Å²) in [5.41, 5.74) is 2.56. The lowest BCUT2D eigenvalue weighted by atomic mass is 10.1. The second-order valence-electron chi connectivity index (χ2n) is 6.28. The van der Waals surface area contributed by atoms with Crippen molar-refractivity contribution < 1.29 is 19.1 Å². The first-order valence-electron chi connectivity index (χ1n) is 8.79. The van der Waals surface area contributed by atoms with Crippen molar-refractivity contribution in [3.63, 3.8) is 0 Å². The molecule has 0 saturated heterocycles. The molecule has 2 aromatic carbocycles. The summed E-state index contributed by atoms with van der Waals surface area (Å²) >= 11 is 0. The number of amides is 1. The van der Waals surface area contributed by atoms with Crippen molar-refractivity contribution in [2.75, 3.05) is 27.3 Å². The maximum absolute atomic E-state index is 12.3. The summed E-state index contributed by atoms with van der Waals surface area (Å²) in [6.07, 6.45) is 3.27. The van der Waals surface area contributed by atoms with E-state index >= 15 is 0 Å². The molecule has 0 unspecified atom stereocenters. The number of allylic oxidation sites excluding steroid dienone is 1. The predicted molar refractivity (Wildman–Crippen MR) is 106 cm³/mol. The Kier molecular flexibility index (Phi) is 7.17. The molecule has 0 N–H and O–H groups in total. The van der Waals surface area contributed by atoms with E-state index in [1.54, 1.807) is 32.3 Å². The van der Waals surface area contributed by atoms with Gasteiger partial charge < -0.3 is 14.4 Å². The van der Waals surface area contributed by atoms with Gasteiger partial charge in [-0.3, -0.25) is 9.59 Å². The Hall–Kier alpha value is -3.08. The quantitative estimate of drug-likeness (QED) is 0.527. The molecule has 27 heavy (non-hydrogen) atoms. The van der Waals surface area contributed by atoms with Crippen LogP contribution in [0.2, 0.25) is 0 Å². The van der Waals surface area contributed by atoms with Gasteiger partial charge in [-0.25, -0.2) is 0 Å². The molecule has 1 amide bonds. The van der Waals surface area contributed by atoms with Gasteiger partial charge in [-0.05, 0) is 37.6 Å². The van der Waals surface area contributed by atoms with Crippen molar-refractivity contribution in [3.8, 4) is 11.5 Å². The number of aryl methyl sites for hydroxylation is 1. The van der Waals surface area contributed by atoms with Gasteiger partial charge in [0.1, 0.15) is 0 Å². The molecular weight excluding hydrogens is 342 g/mol. The number of carbonyl (C=O) groups is 2. The summed E-state index contributed by atoms with van der Waals surface area (Å²) in [5.74, 6) is 0.832. The molecular formula is C22H25NO4. The average Bonchev–Trinajstić information content (AvgIpc) is 2.65. The van der Waals surface area contributed by atoms with Gasteiger partial charge in [0.2, 0.25) is 0 Å². The van der Waals surface area contributed by atoms with Crippen LogP contribution in [0, 0.1) is 6.92 Å². The Morgan fingerprint density at radius 2 is 1.70 bits per heavy atom. The molecule has 0 radical (unpaired) electrons. The zero-order chi connectivity index (χ0) is 19.8. The summed E-state index contributed by atoms with van der Waals surface area (Å²) in [4.78, 5) is 25.4. The van der Waals surface area contributed by atoms with Crippen LogP contribution in [0.5, 0.6) is 11.5 Å². The smallest absolute Gasteiger partial charge is 0.259 e. The van der Waals surface area contributed by atoms with E-state index in [2.05, 4.69) is 0 Å². The van der Waals surface area contributed by atoms with E-state index in [1.807, 2.05) is 44.2 Å². The van der Waals surface area contributed by atoms with Gasteiger partial charge in [-0.2, -0.15) is 0 Å². The van der Waals surface area contributed by atoms with Crippen molar-refractivity contribution in [1.29, 1.82) is 0 Å². The molecule has 0 aliphatic rings. The van der Waals surface area contributed by atoms with E-state index in [-0.39, 0.29) is 18.3 Å². The van der Waals surface area contributed by atoms with E-state index in [1.165, 1.54) is 11.0 Å². The predicted octanol–water partition coefficient (Wildman–Crippen LogP) is 3.76. The Labute approximate surface area is 160 Å². The third kappa shape index (κ3) is 5.99. The van der Waals surface area contributed by atoms with Crippen LogP contribution in [0.15, 0.2) is 48.5 Å². The van der Waals surface area contributed by atoms with Crippen LogP contribution in [0.25, 0.3) is 6.08 Å². The van der Waals surface area contributed by atoms with Crippen molar-refractivity contribution in [2.45, 2.75) is 13.8 Å². The monoisotopic (exact) mass is 367 g/mol. The first-order valence-corrected chi connectivity index (χ1v) is 8.79. The summed E-state index contributed by atoms with van der Waals surface area (Å²) in [5, 5.41) is 0. The lowest BCUT2D eigenvalue weighted by molar-refractivity contribution is -0.130. The number of benzene rings is 2. The number of rotatable bonds is 8. The molecule has 0 spiro atoms. The minimum absolute atomic E-state index is 0.0613. The molecule has 0 saturated carbocycles. The fourth-order valence-electron chi connectivity index (χ4n) is 2.27. The summed E-state index contributed by atoms with van der Waals surface area (Å²) in [6, 6.07) is 12.8. The number of ether oxygens (including phenoxy) is 2. The Balaban J connectivity index is 2.13. The van der Waals surface area contributed by atoms with E-state index in [9.17, 15) is 9.59 Å². The Bertz CT molecular complexity index is 823. The second kappa shape index (κ2) is 9.57. The highest BCUT2D eigenvalue weighted by molar-refractivity contribution is 6.06. The maximum atomic E-state index is 12.3. The molecule has 0 aliphatic heterocycles. The van der Waals surface area contributed by atoms with Gasteiger partial charge in [-0.15, -0.1) is 0 Å². The van der Waals surface area contributed by atoms with Gasteiger partial charge in [0.25, 0.3) is 5.91 Å². The minimum atomic E-state index is -0.134. The van der Waals surface area contributed by atoms with Crippen LogP contribution in [0.3, 0.4) is 0 Å². The largest absolute Gasteiger partial charge is 0.490 e. The van der Waals surface area contributed by atoms with Crippen LogP contribution >= 0.6 is 0 Å². The molecule has 0 atom stereocenters. The fourth-order valence-corrected chi connectivity index (χ4v) is 2.27.